The predicted molar refractivity (Wildman–Crippen MR) is 189 cm³/mol. The summed E-state index contributed by atoms with van der Waals surface area (Å²) < 4.78 is 18.4. The molecule has 0 aromatic heterocycles. The third kappa shape index (κ3) is 6.19. The number of hydrogen-bond acceptors (Lipinski definition) is 10. The third-order valence-electron chi connectivity index (χ3n) is 12.7. The first-order valence-corrected chi connectivity index (χ1v) is 18.7. The van der Waals surface area contributed by atoms with Gasteiger partial charge in [-0.1, -0.05) is 97.6 Å². The van der Waals surface area contributed by atoms with E-state index in [1.807, 2.05) is 20.8 Å². The van der Waals surface area contributed by atoms with Crippen molar-refractivity contribution in [1.82, 2.24) is 0 Å². The number of esters is 3. The molecule has 4 aliphatic rings. The molecular formula is C41H56O10. The van der Waals surface area contributed by atoms with E-state index in [0.717, 1.165) is 25.7 Å². The fraction of sp³-hybridized carbons (Fsp3) is 0.659. The third-order valence-corrected chi connectivity index (χ3v) is 12.7. The van der Waals surface area contributed by atoms with E-state index in [1.54, 1.807) is 57.2 Å². The Kier molecular flexibility index (Phi) is 11.1. The van der Waals surface area contributed by atoms with Gasteiger partial charge in [0.05, 0.1) is 23.5 Å². The van der Waals surface area contributed by atoms with Crippen molar-refractivity contribution in [2.75, 3.05) is 13.2 Å². The van der Waals surface area contributed by atoms with Crippen LogP contribution < -0.4 is 0 Å². The molecule has 0 aliphatic heterocycles. The zero-order valence-corrected chi connectivity index (χ0v) is 31.1. The fourth-order valence-electron chi connectivity index (χ4n) is 9.41. The first-order chi connectivity index (χ1) is 24.1. The standard InChI is InChI=1S/C41H56O10/c1-8-9-10-11-15-18-31(43)51-40-21-26(5)39-20-25(4)35(50-36(46)27(6)24(2)3)41(39,48)33(44)29(22-42)19-30(34(39)45)32(40)38(40,7)23-49-37(47)28-16-13-12-14-17-28/h12-14,16-17,19-20,24,26-27,30,32-33,35,42,44,48H,8-11,15,18,21-23H2,1-7H3. The summed E-state index contributed by atoms with van der Waals surface area (Å²) in [5, 5.41) is 35.5. The Labute approximate surface area is 301 Å². The van der Waals surface area contributed by atoms with Gasteiger partial charge in [0.15, 0.2) is 17.5 Å². The minimum absolute atomic E-state index is 0.000405. The number of aliphatic hydroxyl groups excluding tert-OH is 2. The smallest absolute Gasteiger partial charge is 0.338 e. The molecule has 2 bridgehead atoms. The van der Waals surface area contributed by atoms with Crippen LogP contribution in [0.2, 0.25) is 0 Å². The van der Waals surface area contributed by atoms with Crippen molar-refractivity contribution >= 4 is 23.7 Å². The molecule has 0 radical (unpaired) electrons. The van der Waals surface area contributed by atoms with E-state index in [9.17, 15) is 29.7 Å². The molecule has 0 saturated heterocycles. The molecule has 1 aromatic rings. The highest BCUT2D eigenvalue weighted by Crippen LogP contribution is 2.75. The van der Waals surface area contributed by atoms with Gasteiger partial charge in [-0.15, -0.1) is 0 Å². The van der Waals surface area contributed by atoms with Gasteiger partial charge in [0, 0.05) is 23.7 Å². The van der Waals surface area contributed by atoms with E-state index in [0.29, 0.717) is 17.6 Å². The Morgan fingerprint density at radius 1 is 1.04 bits per heavy atom. The Hall–Kier alpha value is -3.34. The molecule has 280 valence electrons. The first-order valence-electron chi connectivity index (χ1n) is 18.7. The van der Waals surface area contributed by atoms with Crippen molar-refractivity contribution in [1.29, 1.82) is 0 Å². The van der Waals surface area contributed by atoms with Crippen molar-refractivity contribution < 1.29 is 48.7 Å². The molecule has 10 heteroatoms. The van der Waals surface area contributed by atoms with Crippen LogP contribution in [0.15, 0.2) is 53.6 Å². The summed E-state index contributed by atoms with van der Waals surface area (Å²) in [6.07, 6.45) is 4.92. The lowest BCUT2D eigenvalue weighted by molar-refractivity contribution is -0.207. The Morgan fingerprint density at radius 3 is 2.33 bits per heavy atom. The maximum absolute atomic E-state index is 15.2. The van der Waals surface area contributed by atoms with Crippen LogP contribution in [0.1, 0.15) is 104 Å². The van der Waals surface area contributed by atoms with Crippen molar-refractivity contribution in [2.45, 2.75) is 117 Å². The van der Waals surface area contributed by atoms with Crippen LogP contribution in [0.4, 0.5) is 0 Å². The average Bonchev–Trinajstić information content (AvgIpc) is 3.54. The Morgan fingerprint density at radius 2 is 1.71 bits per heavy atom. The van der Waals surface area contributed by atoms with Crippen LogP contribution in [-0.2, 0) is 28.6 Å². The molecule has 10 atom stereocenters. The summed E-state index contributed by atoms with van der Waals surface area (Å²) in [6.45, 7) is 12.0. The van der Waals surface area contributed by atoms with Gasteiger partial charge in [-0.25, -0.2) is 4.79 Å². The highest BCUT2D eigenvalue weighted by Gasteiger charge is 2.85. The number of ether oxygens (including phenoxy) is 3. The Bertz CT molecular complexity index is 1560. The maximum atomic E-state index is 15.2. The molecule has 2 fully saturated rings. The minimum Gasteiger partial charge on any atom is -0.461 e. The minimum atomic E-state index is -2.36. The fourth-order valence-corrected chi connectivity index (χ4v) is 9.41. The molecule has 2 saturated carbocycles. The molecule has 3 N–H and O–H groups in total. The van der Waals surface area contributed by atoms with E-state index in [1.165, 1.54) is 6.08 Å². The molecule has 1 spiro atoms. The van der Waals surface area contributed by atoms with Gasteiger partial charge in [0.2, 0.25) is 0 Å². The number of fused-ring (bicyclic) bond motifs is 3. The Balaban J connectivity index is 1.58. The number of rotatable bonds is 14. The summed E-state index contributed by atoms with van der Waals surface area (Å²) in [4.78, 5) is 55.4. The molecular weight excluding hydrogens is 652 g/mol. The zero-order chi connectivity index (χ0) is 37.5. The van der Waals surface area contributed by atoms with Crippen LogP contribution in [0.5, 0.6) is 0 Å². The van der Waals surface area contributed by atoms with Crippen LogP contribution in [-0.4, -0.2) is 75.6 Å². The number of allylic oxidation sites excluding steroid dienone is 1. The highest BCUT2D eigenvalue weighted by atomic mass is 16.6. The number of ketones is 1. The number of aliphatic hydroxyl groups is 3. The second-order valence-electron chi connectivity index (χ2n) is 16.1. The number of carbonyl (C=O) groups is 4. The van der Waals surface area contributed by atoms with E-state index in [2.05, 4.69) is 6.92 Å². The van der Waals surface area contributed by atoms with E-state index in [-0.39, 0.29) is 30.9 Å². The predicted octanol–water partition coefficient (Wildman–Crippen LogP) is 5.52. The van der Waals surface area contributed by atoms with Gasteiger partial charge < -0.3 is 29.5 Å². The SMILES string of the molecule is CCCCCCCC(=O)OC12CC(C)C34C=C(C)C(OC(=O)C(C)C(C)C)C3(O)C(O)C(CO)=CC(C4=O)C1C2(C)COC(=O)c1ccccc1. The zero-order valence-electron chi connectivity index (χ0n) is 31.1. The lowest BCUT2D eigenvalue weighted by Crippen LogP contribution is -2.66. The molecule has 51 heavy (non-hydrogen) atoms. The van der Waals surface area contributed by atoms with Crippen LogP contribution in [0, 0.1) is 40.4 Å². The van der Waals surface area contributed by atoms with Gasteiger partial charge in [-0.3, -0.25) is 14.4 Å². The van der Waals surface area contributed by atoms with Crippen molar-refractivity contribution in [3.05, 3.63) is 59.2 Å². The van der Waals surface area contributed by atoms with Crippen molar-refractivity contribution in [3.8, 4) is 0 Å². The number of benzene rings is 1. The number of carbonyl (C=O) groups excluding carboxylic acids is 4. The summed E-state index contributed by atoms with van der Waals surface area (Å²) in [7, 11) is 0. The second-order valence-corrected chi connectivity index (χ2v) is 16.1. The summed E-state index contributed by atoms with van der Waals surface area (Å²) in [5.74, 6) is -5.10. The summed E-state index contributed by atoms with van der Waals surface area (Å²) >= 11 is 0. The van der Waals surface area contributed by atoms with Gasteiger partial charge >= 0.3 is 17.9 Å². The van der Waals surface area contributed by atoms with E-state index in [4.69, 9.17) is 14.2 Å². The second kappa shape index (κ2) is 14.6. The molecule has 5 rings (SSSR count). The van der Waals surface area contributed by atoms with Crippen molar-refractivity contribution in [2.24, 2.45) is 40.4 Å². The number of hydrogen-bond donors (Lipinski definition) is 3. The quantitative estimate of drug-likeness (QED) is 0.0973. The molecule has 0 amide bonds. The maximum Gasteiger partial charge on any atom is 0.338 e. The number of Topliss-reactive ketones (excluding diaryl/α,β-unsaturated/α-hetero) is 1. The summed E-state index contributed by atoms with van der Waals surface area (Å²) in [6, 6.07) is 8.53. The van der Waals surface area contributed by atoms with Gasteiger partial charge in [0.25, 0.3) is 0 Å². The lowest BCUT2D eigenvalue weighted by atomic mass is 9.58. The number of unbranched alkanes of at least 4 members (excludes halogenated alkanes) is 4. The van der Waals surface area contributed by atoms with Crippen LogP contribution in [0.3, 0.4) is 0 Å². The molecule has 10 unspecified atom stereocenters. The normalized spacial score (nSPS) is 35.7. The summed E-state index contributed by atoms with van der Waals surface area (Å²) in [5.41, 5.74) is -5.67. The van der Waals surface area contributed by atoms with E-state index >= 15 is 4.79 Å². The largest absolute Gasteiger partial charge is 0.461 e. The van der Waals surface area contributed by atoms with Crippen LogP contribution >= 0.6 is 0 Å². The van der Waals surface area contributed by atoms with Gasteiger partial charge in [-0.2, -0.15) is 0 Å². The highest BCUT2D eigenvalue weighted by molar-refractivity contribution is 5.96. The van der Waals surface area contributed by atoms with Gasteiger partial charge in [0.1, 0.15) is 18.3 Å². The monoisotopic (exact) mass is 708 g/mol. The lowest BCUT2D eigenvalue weighted by Gasteiger charge is -2.49. The average molecular weight is 709 g/mol. The molecule has 4 aliphatic carbocycles. The topological polar surface area (TPSA) is 157 Å². The van der Waals surface area contributed by atoms with Gasteiger partial charge in [-0.05, 0) is 54.9 Å². The van der Waals surface area contributed by atoms with E-state index < -0.39 is 88.2 Å². The van der Waals surface area contributed by atoms with Crippen molar-refractivity contribution in [3.63, 3.8) is 0 Å². The van der Waals surface area contributed by atoms with Crippen LogP contribution in [0.25, 0.3) is 0 Å². The molecule has 10 nitrogen and oxygen atoms in total. The molecule has 1 aromatic carbocycles. The molecule has 0 heterocycles. The first kappa shape index (κ1) is 38.9.